The quantitative estimate of drug-likeness (QED) is 0.791. The van der Waals surface area contributed by atoms with Crippen molar-refractivity contribution in [2.24, 2.45) is 5.92 Å². The average Bonchev–Trinajstić information content (AvgIpc) is 2.41. The Morgan fingerprint density at radius 2 is 1.94 bits per heavy atom. The largest absolute Gasteiger partial charge is 0.369 e. The average molecular weight is 259 g/mol. The van der Waals surface area contributed by atoms with Gasteiger partial charge in [0.15, 0.2) is 0 Å². The maximum Gasteiger partial charge on any atom is 0.0678 e. The molecule has 0 aromatic rings. The molecular weight excluding hydrogens is 230 g/mol. The summed E-state index contributed by atoms with van der Waals surface area (Å²) in [7, 11) is 0. The molecule has 102 valence electrons. The van der Waals surface area contributed by atoms with Gasteiger partial charge >= 0.3 is 0 Å². The summed E-state index contributed by atoms with van der Waals surface area (Å²) in [5.41, 5.74) is 0.0172. The van der Waals surface area contributed by atoms with Crippen molar-refractivity contribution < 1.29 is 4.74 Å². The molecule has 0 spiro atoms. The highest BCUT2D eigenvalue weighted by Crippen LogP contribution is 2.44. The molecule has 1 fully saturated rings. The van der Waals surface area contributed by atoms with E-state index < -0.39 is 0 Å². The van der Waals surface area contributed by atoms with Gasteiger partial charge in [-0.25, -0.2) is 0 Å². The first-order valence-corrected chi connectivity index (χ1v) is 7.99. The SMILES string of the molecule is CCNC(CSCC)C1CC(C)(C)OC1(C)C. The van der Waals surface area contributed by atoms with E-state index in [1.54, 1.807) is 0 Å². The van der Waals surface area contributed by atoms with E-state index in [-0.39, 0.29) is 11.2 Å². The van der Waals surface area contributed by atoms with E-state index in [9.17, 15) is 0 Å². The maximum atomic E-state index is 6.21. The van der Waals surface area contributed by atoms with Gasteiger partial charge in [0.1, 0.15) is 0 Å². The van der Waals surface area contributed by atoms with Gasteiger partial charge in [-0.3, -0.25) is 0 Å². The molecule has 1 aliphatic heterocycles. The van der Waals surface area contributed by atoms with Crippen molar-refractivity contribution in [2.45, 2.75) is 65.2 Å². The van der Waals surface area contributed by atoms with Crippen molar-refractivity contribution >= 4 is 11.8 Å². The van der Waals surface area contributed by atoms with E-state index in [4.69, 9.17) is 4.74 Å². The van der Waals surface area contributed by atoms with Gasteiger partial charge in [-0.1, -0.05) is 13.8 Å². The summed E-state index contributed by atoms with van der Waals surface area (Å²) in [6, 6.07) is 0.571. The molecule has 1 N–H and O–H groups in total. The Labute approximate surface area is 111 Å². The number of ether oxygens (including phenoxy) is 1. The van der Waals surface area contributed by atoms with Gasteiger partial charge in [0.2, 0.25) is 0 Å². The minimum Gasteiger partial charge on any atom is -0.369 e. The summed E-state index contributed by atoms with van der Waals surface area (Å²) in [5, 5.41) is 3.65. The van der Waals surface area contributed by atoms with Crippen molar-refractivity contribution in [3.05, 3.63) is 0 Å². The lowest BCUT2D eigenvalue weighted by molar-refractivity contribution is -0.0769. The molecule has 0 bridgehead atoms. The number of nitrogens with one attached hydrogen (secondary N) is 1. The molecule has 1 aliphatic rings. The van der Waals surface area contributed by atoms with E-state index >= 15 is 0 Å². The Morgan fingerprint density at radius 3 is 2.35 bits per heavy atom. The van der Waals surface area contributed by atoms with Gasteiger partial charge in [-0.05, 0) is 46.4 Å². The Hall–Kier alpha value is 0.270. The van der Waals surface area contributed by atoms with E-state index in [2.05, 4.69) is 46.9 Å². The first-order valence-electron chi connectivity index (χ1n) is 6.83. The molecule has 0 aromatic carbocycles. The molecule has 3 heteroatoms. The number of thioether (sulfide) groups is 1. The third-order valence-corrected chi connectivity index (χ3v) is 4.60. The van der Waals surface area contributed by atoms with E-state index in [0.29, 0.717) is 12.0 Å². The second-order valence-corrected chi connectivity index (χ2v) is 7.42. The molecule has 2 nitrogen and oxygen atoms in total. The lowest BCUT2D eigenvalue weighted by Gasteiger charge is -2.33. The summed E-state index contributed by atoms with van der Waals surface area (Å²) >= 11 is 2.03. The maximum absolute atomic E-state index is 6.21. The Balaban J connectivity index is 2.72. The van der Waals surface area contributed by atoms with Gasteiger partial charge in [0, 0.05) is 17.7 Å². The van der Waals surface area contributed by atoms with Crippen LogP contribution >= 0.6 is 11.8 Å². The summed E-state index contributed by atoms with van der Waals surface area (Å²) in [5.74, 6) is 2.99. The van der Waals surface area contributed by atoms with Crippen molar-refractivity contribution in [1.29, 1.82) is 0 Å². The number of rotatable bonds is 6. The van der Waals surface area contributed by atoms with Crippen LogP contribution in [0.3, 0.4) is 0 Å². The van der Waals surface area contributed by atoms with Gasteiger partial charge in [-0.2, -0.15) is 11.8 Å². The summed E-state index contributed by atoms with van der Waals surface area (Å²) in [4.78, 5) is 0. The van der Waals surface area contributed by atoms with Crippen LogP contribution in [0.25, 0.3) is 0 Å². The lowest BCUT2D eigenvalue weighted by Crippen LogP contribution is -2.45. The highest BCUT2D eigenvalue weighted by molar-refractivity contribution is 7.99. The van der Waals surface area contributed by atoms with Crippen LogP contribution in [0.2, 0.25) is 0 Å². The molecule has 0 aromatic heterocycles. The normalized spacial score (nSPS) is 28.2. The van der Waals surface area contributed by atoms with Crippen molar-refractivity contribution in [3.63, 3.8) is 0 Å². The summed E-state index contributed by atoms with van der Waals surface area (Å²) < 4.78 is 6.21. The van der Waals surface area contributed by atoms with Crippen LogP contribution in [0.5, 0.6) is 0 Å². The topological polar surface area (TPSA) is 21.3 Å². The van der Waals surface area contributed by atoms with Crippen LogP contribution in [0.15, 0.2) is 0 Å². The zero-order valence-corrected chi connectivity index (χ0v) is 13.1. The fourth-order valence-electron chi connectivity index (χ4n) is 3.06. The molecule has 2 atom stereocenters. The lowest BCUT2D eigenvalue weighted by atomic mass is 9.82. The molecule has 0 saturated carbocycles. The van der Waals surface area contributed by atoms with Crippen LogP contribution in [-0.4, -0.2) is 35.3 Å². The fourth-order valence-corrected chi connectivity index (χ4v) is 3.90. The fraction of sp³-hybridized carbons (Fsp3) is 1.00. The molecule has 1 saturated heterocycles. The third-order valence-electron chi connectivity index (χ3n) is 3.60. The zero-order chi connectivity index (χ0) is 13.1. The summed E-state index contributed by atoms with van der Waals surface area (Å²) in [6.07, 6.45) is 1.15. The molecule has 2 unspecified atom stereocenters. The zero-order valence-electron chi connectivity index (χ0n) is 12.3. The van der Waals surface area contributed by atoms with Gasteiger partial charge in [-0.15, -0.1) is 0 Å². The standard InChI is InChI=1S/C14H29NOS/c1-7-15-12(10-17-8-2)11-9-13(3,4)16-14(11,5)6/h11-12,15H,7-10H2,1-6H3. The molecule has 17 heavy (non-hydrogen) atoms. The minimum absolute atomic E-state index is 0.00929. The van der Waals surface area contributed by atoms with Crippen molar-refractivity contribution in [3.8, 4) is 0 Å². The van der Waals surface area contributed by atoms with Crippen LogP contribution in [0, 0.1) is 5.92 Å². The van der Waals surface area contributed by atoms with E-state index in [0.717, 1.165) is 13.0 Å². The highest BCUT2D eigenvalue weighted by atomic mass is 32.2. The smallest absolute Gasteiger partial charge is 0.0678 e. The monoisotopic (exact) mass is 259 g/mol. The number of hydrogen-bond acceptors (Lipinski definition) is 3. The Bertz CT molecular complexity index is 240. The van der Waals surface area contributed by atoms with Crippen LogP contribution in [-0.2, 0) is 4.74 Å². The predicted molar refractivity (Wildman–Crippen MR) is 77.8 cm³/mol. The third kappa shape index (κ3) is 4.15. The van der Waals surface area contributed by atoms with Crippen molar-refractivity contribution in [1.82, 2.24) is 5.32 Å². The molecular formula is C14H29NOS. The van der Waals surface area contributed by atoms with Crippen LogP contribution in [0.4, 0.5) is 0 Å². The Kier molecular flexibility index (Phi) is 5.36. The van der Waals surface area contributed by atoms with E-state index in [1.165, 1.54) is 11.5 Å². The second kappa shape index (κ2) is 5.94. The van der Waals surface area contributed by atoms with E-state index in [1.807, 2.05) is 11.8 Å². The Morgan fingerprint density at radius 1 is 1.29 bits per heavy atom. The highest BCUT2D eigenvalue weighted by Gasteiger charge is 2.48. The molecule has 1 rings (SSSR count). The van der Waals surface area contributed by atoms with Gasteiger partial charge in [0.05, 0.1) is 11.2 Å². The van der Waals surface area contributed by atoms with Crippen LogP contribution in [0.1, 0.15) is 48.0 Å². The molecule has 0 amide bonds. The second-order valence-electron chi connectivity index (χ2n) is 6.10. The van der Waals surface area contributed by atoms with Gasteiger partial charge in [0.25, 0.3) is 0 Å². The van der Waals surface area contributed by atoms with Crippen LogP contribution < -0.4 is 5.32 Å². The molecule has 0 aliphatic carbocycles. The minimum atomic E-state index is -0.00929. The summed E-state index contributed by atoms with van der Waals surface area (Å²) in [6.45, 7) is 14.4. The number of hydrogen-bond donors (Lipinski definition) is 1. The molecule has 0 radical (unpaired) electrons. The van der Waals surface area contributed by atoms with Crippen molar-refractivity contribution in [2.75, 3.05) is 18.1 Å². The molecule has 1 heterocycles. The van der Waals surface area contributed by atoms with Gasteiger partial charge < -0.3 is 10.1 Å². The predicted octanol–water partition coefficient (Wildman–Crippen LogP) is 3.31. The first-order chi connectivity index (χ1) is 7.82. The first kappa shape index (κ1) is 15.3.